The largest absolute Gasteiger partial charge is 0.441 e. The molecule has 140 valence electrons. The summed E-state index contributed by atoms with van der Waals surface area (Å²) in [6, 6.07) is 8.06. The van der Waals surface area contributed by atoms with Crippen LogP contribution in [0.1, 0.15) is 49.1 Å². The van der Waals surface area contributed by atoms with Crippen LogP contribution in [0, 0.1) is 13.8 Å². The van der Waals surface area contributed by atoms with Gasteiger partial charge in [0, 0.05) is 18.7 Å². The van der Waals surface area contributed by atoms with Crippen LogP contribution in [0.25, 0.3) is 11.5 Å². The first-order valence-electron chi connectivity index (χ1n) is 9.52. The summed E-state index contributed by atoms with van der Waals surface area (Å²) in [5.41, 5.74) is 2.89. The zero-order chi connectivity index (χ0) is 18.4. The molecule has 0 aliphatic carbocycles. The summed E-state index contributed by atoms with van der Waals surface area (Å²) in [4.78, 5) is 18.8. The van der Waals surface area contributed by atoms with Gasteiger partial charge >= 0.3 is 0 Å². The van der Waals surface area contributed by atoms with E-state index in [-0.39, 0.29) is 12.5 Å². The van der Waals surface area contributed by atoms with E-state index in [0.29, 0.717) is 12.5 Å². The molecule has 1 aliphatic rings. The number of rotatable bonds is 5. The quantitative estimate of drug-likeness (QED) is 0.803. The molecule has 2 heterocycles. The van der Waals surface area contributed by atoms with Gasteiger partial charge in [0.05, 0.1) is 6.61 Å². The Labute approximate surface area is 155 Å². The number of nitrogens with zero attached hydrogens (tertiary/aromatic N) is 2. The van der Waals surface area contributed by atoms with E-state index in [1.807, 2.05) is 43.0 Å². The van der Waals surface area contributed by atoms with Gasteiger partial charge in [0.2, 0.25) is 11.8 Å². The molecule has 0 spiro atoms. The molecule has 0 N–H and O–H groups in total. The minimum Gasteiger partial charge on any atom is -0.441 e. The van der Waals surface area contributed by atoms with Gasteiger partial charge in [0.15, 0.2) is 0 Å². The number of benzene rings is 1. The maximum absolute atomic E-state index is 12.4. The van der Waals surface area contributed by atoms with Crippen LogP contribution in [-0.2, 0) is 16.1 Å². The standard InChI is InChI=1S/C21H28N2O3/c1-16-8-10-18(11-9-16)21-22-19(17(2)26-21)14-25-15-20(24)23-12-6-4-3-5-7-13-23/h8-11H,3-7,12-15H2,1-2H3. The van der Waals surface area contributed by atoms with E-state index in [9.17, 15) is 4.79 Å². The molecule has 1 aromatic carbocycles. The van der Waals surface area contributed by atoms with Crippen LogP contribution in [0.15, 0.2) is 28.7 Å². The third-order valence-electron chi connectivity index (χ3n) is 4.86. The number of amides is 1. The molecule has 1 fully saturated rings. The highest BCUT2D eigenvalue weighted by atomic mass is 16.5. The summed E-state index contributed by atoms with van der Waals surface area (Å²) < 4.78 is 11.4. The number of hydrogen-bond acceptors (Lipinski definition) is 4. The van der Waals surface area contributed by atoms with Crippen molar-refractivity contribution in [2.75, 3.05) is 19.7 Å². The van der Waals surface area contributed by atoms with Crippen molar-refractivity contribution in [1.29, 1.82) is 0 Å². The number of likely N-dealkylation sites (tertiary alicyclic amines) is 1. The Bertz CT molecular complexity index is 713. The maximum Gasteiger partial charge on any atom is 0.248 e. The summed E-state index contributed by atoms with van der Waals surface area (Å²) in [6.45, 7) is 6.02. The molecule has 2 aromatic rings. The fourth-order valence-corrected chi connectivity index (χ4v) is 3.20. The third-order valence-corrected chi connectivity index (χ3v) is 4.86. The lowest BCUT2D eigenvalue weighted by atomic mass is 10.1. The lowest BCUT2D eigenvalue weighted by molar-refractivity contribution is -0.137. The van der Waals surface area contributed by atoms with Crippen molar-refractivity contribution in [3.63, 3.8) is 0 Å². The maximum atomic E-state index is 12.4. The molecule has 0 saturated carbocycles. The van der Waals surface area contributed by atoms with Crippen molar-refractivity contribution in [1.82, 2.24) is 9.88 Å². The predicted octanol–water partition coefficient (Wildman–Crippen LogP) is 4.27. The highest BCUT2D eigenvalue weighted by Crippen LogP contribution is 2.22. The third kappa shape index (κ3) is 4.94. The van der Waals surface area contributed by atoms with Gasteiger partial charge in [-0.25, -0.2) is 4.98 Å². The Kier molecular flexibility index (Phi) is 6.45. The lowest BCUT2D eigenvalue weighted by Gasteiger charge is -2.24. The summed E-state index contributed by atoms with van der Waals surface area (Å²) in [5.74, 6) is 1.40. The Morgan fingerprint density at radius 2 is 1.73 bits per heavy atom. The van der Waals surface area contributed by atoms with Gasteiger partial charge in [-0.3, -0.25) is 4.79 Å². The normalized spacial score (nSPS) is 15.5. The average Bonchev–Trinajstić information content (AvgIpc) is 2.96. The number of carbonyl (C=O) groups excluding carboxylic acids is 1. The molecular weight excluding hydrogens is 328 g/mol. The number of oxazole rings is 1. The zero-order valence-electron chi connectivity index (χ0n) is 15.8. The second-order valence-electron chi connectivity index (χ2n) is 7.03. The summed E-state index contributed by atoms with van der Waals surface area (Å²) in [5, 5.41) is 0. The Balaban J connectivity index is 1.53. The van der Waals surface area contributed by atoms with Crippen molar-refractivity contribution in [2.24, 2.45) is 0 Å². The van der Waals surface area contributed by atoms with Crippen molar-refractivity contribution in [3.8, 4) is 11.5 Å². The number of ether oxygens (including phenoxy) is 1. The van der Waals surface area contributed by atoms with Crippen molar-refractivity contribution in [2.45, 2.75) is 52.6 Å². The second kappa shape index (κ2) is 8.99. The van der Waals surface area contributed by atoms with Crippen LogP contribution in [0.5, 0.6) is 0 Å². The van der Waals surface area contributed by atoms with Crippen LogP contribution in [0.2, 0.25) is 0 Å². The van der Waals surface area contributed by atoms with Crippen LogP contribution < -0.4 is 0 Å². The van der Waals surface area contributed by atoms with E-state index in [1.54, 1.807) is 0 Å². The second-order valence-corrected chi connectivity index (χ2v) is 7.03. The average molecular weight is 356 g/mol. The van der Waals surface area contributed by atoms with E-state index in [0.717, 1.165) is 42.9 Å². The fourth-order valence-electron chi connectivity index (χ4n) is 3.20. The van der Waals surface area contributed by atoms with Gasteiger partial charge in [0.1, 0.15) is 18.1 Å². The molecule has 1 aromatic heterocycles. The van der Waals surface area contributed by atoms with Gasteiger partial charge in [0.25, 0.3) is 0 Å². The molecule has 5 nitrogen and oxygen atoms in total. The number of hydrogen-bond donors (Lipinski definition) is 0. The first-order valence-corrected chi connectivity index (χ1v) is 9.52. The smallest absolute Gasteiger partial charge is 0.248 e. The molecule has 0 unspecified atom stereocenters. The molecule has 0 radical (unpaired) electrons. The summed E-state index contributed by atoms with van der Waals surface area (Å²) >= 11 is 0. The molecule has 26 heavy (non-hydrogen) atoms. The Morgan fingerprint density at radius 1 is 1.08 bits per heavy atom. The molecular formula is C21H28N2O3. The molecule has 1 saturated heterocycles. The predicted molar refractivity (Wildman–Crippen MR) is 101 cm³/mol. The minimum atomic E-state index is 0.0757. The summed E-state index contributed by atoms with van der Waals surface area (Å²) in [6.07, 6.45) is 5.89. The molecule has 1 amide bonds. The molecule has 5 heteroatoms. The van der Waals surface area contributed by atoms with Crippen molar-refractivity contribution >= 4 is 5.91 Å². The Hall–Kier alpha value is -2.14. The van der Waals surface area contributed by atoms with Crippen molar-refractivity contribution < 1.29 is 13.9 Å². The molecule has 0 atom stereocenters. The first kappa shape index (κ1) is 18.6. The van der Waals surface area contributed by atoms with E-state index >= 15 is 0 Å². The van der Waals surface area contributed by atoms with Gasteiger partial charge in [-0.2, -0.15) is 0 Å². The van der Waals surface area contributed by atoms with Crippen molar-refractivity contribution in [3.05, 3.63) is 41.3 Å². The molecule has 0 bridgehead atoms. The topological polar surface area (TPSA) is 55.6 Å². The van der Waals surface area contributed by atoms with E-state index in [2.05, 4.69) is 4.98 Å². The van der Waals surface area contributed by atoms with Crippen LogP contribution in [0.4, 0.5) is 0 Å². The van der Waals surface area contributed by atoms with Gasteiger partial charge in [-0.05, 0) is 38.8 Å². The highest BCUT2D eigenvalue weighted by Gasteiger charge is 2.16. The van der Waals surface area contributed by atoms with Crippen LogP contribution in [0.3, 0.4) is 0 Å². The number of aromatic nitrogens is 1. The number of aryl methyl sites for hydroxylation is 2. The fraction of sp³-hybridized carbons (Fsp3) is 0.524. The summed E-state index contributed by atoms with van der Waals surface area (Å²) in [7, 11) is 0. The highest BCUT2D eigenvalue weighted by molar-refractivity contribution is 5.77. The van der Waals surface area contributed by atoms with Gasteiger partial charge in [-0.1, -0.05) is 37.0 Å². The van der Waals surface area contributed by atoms with E-state index in [4.69, 9.17) is 9.15 Å². The monoisotopic (exact) mass is 356 g/mol. The first-order chi connectivity index (χ1) is 12.6. The lowest BCUT2D eigenvalue weighted by Crippen LogP contribution is -2.36. The zero-order valence-corrected chi connectivity index (χ0v) is 15.8. The SMILES string of the molecule is Cc1ccc(-c2nc(COCC(=O)N3CCCCCCC3)c(C)o2)cc1. The van der Waals surface area contributed by atoms with Gasteiger partial charge < -0.3 is 14.1 Å². The minimum absolute atomic E-state index is 0.0757. The van der Waals surface area contributed by atoms with Crippen LogP contribution >= 0.6 is 0 Å². The van der Waals surface area contributed by atoms with Gasteiger partial charge in [-0.15, -0.1) is 0 Å². The van der Waals surface area contributed by atoms with Crippen LogP contribution in [-0.4, -0.2) is 35.5 Å². The van der Waals surface area contributed by atoms with E-state index in [1.165, 1.54) is 24.8 Å². The number of carbonyl (C=O) groups is 1. The molecule has 3 rings (SSSR count). The Morgan fingerprint density at radius 3 is 2.42 bits per heavy atom. The molecule has 1 aliphatic heterocycles. The van der Waals surface area contributed by atoms with E-state index < -0.39 is 0 Å².